The van der Waals surface area contributed by atoms with E-state index in [2.05, 4.69) is 43.6 Å². The quantitative estimate of drug-likeness (QED) is 0.632. The number of carbonyl (C=O) groups is 2. The SMILES string of the molecule is CC(C)(C)C(CCNC(=O)NC1CC=CC1)CCC(=O)O. The summed E-state index contributed by atoms with van der Waals surface area (Å²) in [4.78, 5) is 22.5. The minimum atomic E-state index is -0.760. The van der Waals surface area contributed by atoms with E-state index in [0.29, 0.717) is 13.0 Å². The molecule has 1 rings (SSSR count). The van der Waals surface area contributed by atoms with Crippen LogP contribution in [0.15, 0.2) is 12.2 Å². The Hall–Kier alpha value is -1.52. The lowest BCUT2D eigenvalue weighted by Crippen LogP contribution is -2.42. The summed E-state index contributed by atoms with van der Waals surface area (Å²) in [5, 5.41) is 14.6. The monoisotopic (exact) mass is 296 g/mol. The van der Waals surface area contributed by atoms with Crippen LogP contribution in [-0.2, 0) is 4.79 Å². The van der Waals surface area contributed by atoms with Crippen LogP contribution in [0, 0.1) is 11.3 Å². The number of amides is 2. The summed E-state index contributed by atoms with van der Waals surface area (Å²) in [5.74, 6) is -0.481. The molecule has 0 aromatic heterocycles. The predicted molar refractivity (Wildman–Crippen MR) is 83.1 cm³/mol. The molecule has 21 heavy (non-hydrogen) atoms. The number of nitrogens with one attached hydrogen (secondary N) is 2. The summed E-state index contributed by atoms with van der Waals surface area (Å²) < 4.78 is 0. The van der Waals surface area contributed by atoms with Crippen LogP contribution in [0.5, 0.6) is 0 Å². The van der Waals surface area contributed by atoms with Crippen molar-refractivity contribution in [3.63, 3.8) is 0 Å². The van der Waals surface area contributed by atoms with Crippen molar-refractivity contribution in [1.82, 2.24) is 10.6 Å². The summed E-state index contributed by atoms with van der Waals surface area (Å²) in [6.07, 6.45) is 7.58. The summed E-state index contributed by atoms with van der Waals surface area (Å²) in [5.41, 5.74) is 0.0446. The Labute approximate surface area is 127 Å². The number of rotatable bonds is 7. The van der Waals surface area contributed by atoms with E-state index in [1.165, 1.54) is 0 Å². The van der Waals surface area contributed by atoms with Gasteiger partial charge in [-0.25, -0.2) is 4.79 Å². The van der Waals surface area contributed by atoms with Gasteiger partial charge in [-0.1, -0.05) is 32.9 Å². The topological polar surface area (TPSA) is 78.4 Å². The van der Waals surface area contributed by atoms with E-state index in [4.69, 9.17) is 5.11 Å². The molecule has 0 aromatic rings. The molecule has 0 saturated carbocycles. The molecule has 0 bridgehead atoms. The maximum Gasteiger partial charge on any atom is 0.315 e. The second kappa shape index (κ2) is 8.05. The average Bonchev–Trinajstić information content (AvgIpc) is 2.84. The lowest BCUT2D eigenvalue weighted by Gasteiger charge is -2.30. The minimum absolute atomic E-state index is 0.0446. The normalized spacial score (nSPS) is 16.7. The van der Waals surface area contributed by atoms with Gasteiger partial charge in [0.1, 0.15) is 0 Å². The smallest absolute Gasteiger partial charge is 0.315 e. The van der Waals surface area contributed by atoms with E-state index in [0.717, 1.165) is 19.3 Å². The largest absolute Gasteiger partial charge is 0.481 e. The second-order valence-electron chi connectivity index (χ2n) is 6.82. The predicted octanol–water partition coefficient (Wildman–Crippen LogP) is 2.92. The van der Waals surface area contributed by atoms with Crippen molar-refractivity contribution >= 4 is 12.0 Å². The molecular formula is C16H28N2O3. The zero-order chi connectivity index (χ0) is 15.9. The van der Waals surface area contributed by atoms with Crippen molar-refractivity contribution in [2.45, 2.75) is 58.9 Å². The summed E-state index contributed by atoms with van der Waals surface area (Å²) in [7, 11) is 0. The van der Waals surface area contributed by atoms with Crippen LogP contribution in [0.2, 0.25) is 0 Å². The van der Waals surface area contributed by atoms with Crippen LogP contribution in [0.3, 0.4) is 0 Å². The van der Waals surface area contributed by atoms with Gasteiger partial charge in [-0.15, -0.1) is 0 Å². The van der Waals surface area contributed by atoms with E-state index < -0.39 is 5.97 Å². The first-order chi connectivity index (χ1) is 9.79. The van der Waals surface area contributed by atoms with E-state index >= 15 is 0 Å². The van der Waals surface area contributed by atoms with Crippen molar-refractivity contribution in [2.75, 3.05) is 6.54 Å². The Morgan fingerprint density at radius 2 is 1.86 bits per heavy atom. The molecule has 5 nitrogen and oxygen atoms in total. The number of aliphatic carboxylic acids is 1. The average molecular weight is 296 g/mol. The van der Waals surface area contributed by atoms with Crippen LogP contribution in [0.4, 0.5) is 4.79 Å². The van der Waals surface area contributed by atoms with Crippen molar-refractivity contribution in [3.05, 3.63) is 12.2 Å². The van der Waals surface area contributed by atoms with Gasteiger partial charge in [-0.2, -0.15) is 0 Å². The molecule has 0 aliphatic heterocycles. The highest BCUT2D eigenvalue weighted by Crippen LogP contribution is 2.32. The van der Waals surface area contributed by atoms with Gasteiger partial charge in [0.25, 0.3) is 0 Å². The van der Waals surface area contributed by atoms with Crippen LogP contribution in [0.1, 0.15) is 52.9 Å². The fourth-order valence-electron chi connectivity index (χ4n) is 2.64. The maximum atomic E-state index is 11.8. The molecule has 120 valence electrons. The minimum Gasteiger partial charge on any atom is -0.481 e. The number of urea groups is 1. The molecule has 1 aliphatic rings. The van der Waals surface area contributed by atoms with Gasteiger partial charge in [0, 0.05) is 19.0 Å². The Morgan fingerprint density at radius 3 is 2.38 bits per heavy atom. The standard InChI is InChI=1S/C16H28N2O3/c1-16(2,3)12(8-9-14(19)20)10-11-17-15(21)18-13-6-4-5-7-13/h4-5,12-13H,6-11H2,1-3H3,(H,19,20)(H2,17,18,21). The highest BCUT2D eigenvalue weighted by atomic mass is 16.4. The van der Waals surface area contributed by atoms with Crippen molar-refractivity contribution in [1.29, 1.82) is 0 Å². The molecule has 0 heterocycles. The maximum absolute atomic E-state index is 11.8. The van der Waals surface area contributed by atoms with E-state index in [1.807, 2.05) is 0 Å². The molecule has 0 fully saturated rings. The zero-order valence-corrected chi connectivity index (χ0v) is 13.3. The molecule has 0 saturated heterocycles. The molecule has 3 N–H and O–H groups in total. The Balaban J connectivity index is 2.28. The number of carboxylic acid groups (broad SMARTS) is 1. The lowest BCUT2D eigenvalue weighted by atomic mass is 9.76. The fourth-order valence-corrected chi connectivity index (χ4v) is 2.64. The summed E-state index contributed by atoms with van der Waals surface area (Å²) in [6, 6.07) is 0.0880. The number of carbonyl (C=O) groups excluding carboxylic acids is 1. The molecule has 1 atom stereocenters. The number of hydrogen-bond donors (Lipinski definition) is 3. The third-order valence-corrected chi connectivity index (χ3v) is 4.05. The highest BCUT2D eigenvalue weighted by Gasteiger charge is 2.25. The molecule has 0 aromatic carbocycles. The van der Waals surface area contributed by atoms with E-state index in [-0.39, 0.29) is 29.8 Å². The van der Waals surface area contributed by atoms with Gasteiger partial charge in [-0.3, -0.25) is 4.79 Å². The van der Waals surface area contributed by atoms with Gasteiger partial charge >= 0.3 is 12.0 Å². The third kappa shape index (κ3) is 7.16. The first kappa shape index (κ1) is 17.5. The molecule has 2 amide bonds. The van der Waals surface area contributed by atoms with Gasteiger partial charge in [0.2, 0.25) is 0 Å². The highest BCUT2D eigenvalue weighted by molar-refractivity contribution is 5.74. The lowest BCUT2D eigenvalue weighted by molar-refractivity contribution is -0.137. The van der Waals surface area contributed by atoms with Crippen molar-refractivity contribution in [3.8, 4) is 0 Å². The van der Waals surface area contributed by atoms with Gasteiger partial charge < -0.3 is 15.7 Å². The summed E-state index contributed by atoms with van der Waals surface area (Å²) >= 11 is 0. The molecular weight excluding hydrogens is 268 g/mol. The van der Waals surface area contributed by atoms with Crippen LogP contribution in [0.25, 0.3) is 0 Å². The zero-order valence-electron chi connectivity index (χ0n) is 13.3. The third-order valence-electron chi connectivity index (χ3n) is 4.05. The molecule has 1 unspecified atom stereocenters. The molecule has 5 heteroatoms. The van der Waals surface area contributed by atoms with Crippen molar-refractivity contribution < 1.29 is 14.7 Å². The Kier molecular flexibility index (Phi) is 6.72. The van der Waals surface area contributed by atoms with Crippen LogP contribution < -0.4 is 10.6 Å². The Morgan fingerprint density at radius 1 is 1.24 bits per heavy atom. The fraction of sp³-hybridized carbons (Fsp3) is 0.750. The first-order valence-electron chi connectivity index (χ1n) is 7.70. The van der Waals surface area contributed by atoms with Gasteiger partial charge in [-0.05, 0) is 37.0 Å². The van der Waals surface area contributed by atoms with Crippen LogP contribution in [-0.4, -0.2) is 29.7 Å². The second-order valence-corrected chi connectivity index (χ2v) is 6.82. The van der Waals surface area contributed by atoms with Gasteiger partial charge in [0.05, 0.1) is 0 Å². The van der Waals surface area contributed by atoms with Crippen LogP contribution >= 0.6 is 0 Å². The van der Waals surface area contributed by atoms with Gasteiger partial charge in [0.15, 0.2) is 0 Å². The number of carboxylic acids is 1. The van der Waals surface area contributed by atoms with Crippen molar-refractivity contribution in [2.24, 2.45) is 11.3 Å². The summed E-state index contributed by atoms with van der Waals surface area (Å²) in [6.45, 7) is 6.92. The molecule has 0 radical (unpaired) electrons. The van der Waals surface area contributed by atoms with E-state index in [9.17, 15) is 9.59 Å². The van der Waals surface area contributed by atoms with E-state index in [1.54, 1.807) is 0 Å². The number of hydrogen-bond acceptors (Lipinski definition) is 2. The molecule has 1 aliphatic carbocycles. The molecule has 0 spiro atoms. The Bertz CT molecular complexity index is 377. The first-order valence-corrected chi connectivity index (χ1v) is 7.70.